The highest BCUT2D eigenvalue weighted by molar-refractivity contribution is 5.71. The van der Waals surface area contributed by atoms with Gasteiger partial charge in [-0.05, 0) is 32.4 Å². The van der Waals surface area contributed by atoms with Crippen LogP contribution in [0.2, 0.25) is 0 Å². The summed E-state index contributed by atoms with van der Waals surface area (Å²) < 4.78 is 5.63. The van der Waals surface area contributed by atoms with Crippen molar-refractivity contribution in [3.05, 3.63) is 36.1 Å². The number of anilines is 3. The first-order valence-corrected chi connectivity index (χ1v) is 8.95. The molecule has 0 spiro atoms. The number of nitrogens with one attached hydrogen (secondary N) is 3. The van der Waals surface area contributed by atoms with E-state index in [1.54, 1.807) is 6.20 Å². The third-order valence-electron chi connectivity index (χ3n) is 4.38. The van der Waals surface area contributed by atoms with Crippen LogP contribution in [0.25, 0.3) is 11.6 Å². The summed E-state index contributed by atoms with van der Waals surface area (Å²) in [5, 5.41) is 27.2. The first-order valence-electron chi connectivity index (χ1n) is 8.95. The molecular formula is C18H19N9O. The Morgan fingerprint density at radius 2 is 2.14 bits per heavy atom. The van der Waals surface area contributed by atoms with Gasteiger partial charge in [0.1, 0.15) is 17.6 Å². The molecular weight excluding hydrogens is 358 g/mol. The summed E-state index contributed by atoms with van der Waals surface area (Å²) in [5.74, 6) is 2.64. The van der Waals surface area contributed by atoms with Gasteiger partial charge < -0.3 is 20.4 Å². The van der Waals surface area contributed by atoms with E-state index >= 15 is 0 Å². The highest BCUT2D eigenvalue weighted by atomic mass is 16.4. The van der Waals surface area contributed by atoms with Gasteiger partial charge in [0.25, 0.3) is 0 Å². The monoisotopic (exact) mass is 377 g/mol. The second-order valence-corrected chi connectivity index (χ2v) is 6.53. The quantitative estimate of drug-likeness (QED) is 0.583. The van der Waals surface area contributed by atoms with Gasteiger partial charge in [0.2, 0.25) is 5.89 Å². The molecule has 1 atom stereocenters. The fourth-order valence-corrected chi connectivity index (χ4v) is 2.93. The minimum absolute atomic E-state index is 0.249. The van der Waals surface area contributed by atoms with Gasteiger partial charge in [-0.1, -0.05) is 0 Å². The lowest BCUT2D eigenvalue weighted by molar-refractivity contribution is 0.539. The van der Waals surface area contributed by atoms with Crippen LogP contribution in [0.5, 0.6) is 0 Å². The molecule has 1 aliphatic rings. The molecule has 3 N–H and O–H groups in total. The number of aromatic nitrogens is 5. The van der Waals surface area contributed by atoms with Crippen LogP contribution in [0, 0.1) is 24.2 Å². The minimum atomic E-state index is 0.249. The molecule has 142 valence electrons. The van der Waals surface area contributed by atoms with Crippen molar-refractivity contribution in [1.82, 2.24) is 30.5 Å². The van der Waals surface area contributed by atoms with Crippen LogP contribution >= 0.6 is 0 Å². The van der Waals surface area contributed by atoms with E-state index in [0.29, 0.717) is 34.9 Å². The lowest BCUT2D eigenvalue weighted by Gasteiger charge is -2.14. The topological polar surface area (TPSA) is 137 Å². The zero-order chi connectivity index (χ0) is 19.3. The van der Waals surface area contributed by atoms with Gasteiger partial charge in [-0.3, -0.25) is 0 Å². The second kappa shape index (κ2) is 7.98. The van der Waals surface area contributed by atoms with Gasteiger partial charge in [-0.2, -0.15) is 5.26 Å². The standard InChI is InChI=1S/C18H19N9O/c1-11-6-24-18(28-11)17-14(22-8-12-2-3-20-7-12)4-15(26-27-17)25-16-10-21-13(5-19)9-23-16/h4,6,9-10,12,20H,2-3,7-8H2,1H3,(H2,22,23,25,26). The Morgan fingerprint density at radius 3 is 2.82 bits per heavy atom. The van der Waals surface area contributed by atoms with E-state index < -0.39 is 0 Å². The normalized spacial score (nSPS) is 15.9. The molecule has 0 radical (unpaired) electrons. The van der Waals surface area contributed by atoms with Crippen molar-refractivity contribution in [1.29, 1.82) is 5.26 Å². The Labute approximate surface area is 161 Å². The van der Waals surface area contributed by atoms with Crippen molar-refractivity contribution in [2.45, 2.75) is 13.3 Å². The smallest absolute Gasteiger partial charge is 0.249 e. The molecule has 0 aliphatic carbocycles. The number of oxazole rings is 1. The molecule has 3 aromatic heterocycles. The lowest BCUT2D eigenvalue weighted by atomic mass is 10.1. The molecule has 0 saturated carbocycles. The molecule has 28 heavy (non-hydrogen) atoms. The summed E-state index contributed by atoms with van der Waals surface area (Å²) in [4.78, 5) is 12.4. The number of rotatable bonds is 6. The fourth-order valence-electron chi connectivity index (χ4n) is 2.93. The van der Waals surface area contributed by atoms with Crippen molar-refractivity contribution >= 4 is 17.3 Å². The van der Waals surface area contributed by atoms with Gasteiger partial charge in [0, 0.05) is 12.6 Å². The SMILES string of the molecule is Cc1cnc(-c2nnc(Nc3cnc(C#N)cn3)cc2NCC2CCNC2)o1. The van der Waals surface area contributed by atoms with Crippen molar-refractivity contribution in [2.75, 3.05) is 30.3 Å². The molecule has 1 saturated heterocycles. The Morgan fingerprint density at radius 1 is 1.21 bits per heavy atom. The third kappa shape index (κ3) is 4.05. The highest BCUT2D eigenvalue weighted by Crippen LogP contribution is 2.28. The number of nitriles is 1. The number of nitrogens with zero attached hydrogens (tertiary/aromatic N) is 6. The van der Waals surface area contributed by atoms with Crippen LogP contribution in [0.4, 0.5) is 17.3 Å². The van der Waals surface area contributed by atoms with E-state index in [0.717, 1.165) is 31.7 Å². The van der Waals surface area contributed by atoms with Gasteiger partial charge in [0.05, 0.1) is 24.3 Å². The average Bonchev–Trinajstić information content (AvgIpc) is 3.39. The lowest BCUT2D eigenvalue weighted by Crippen LogP contribution is -2.18. The van der Waals surface area contributed by atoms with E-state index in [1.807, 2.05) is 19.1 Å². The van der Waals surface area contributed by atoms with Crippen LogP contribution in [-0.2, 0) is 0 Å². The number of hydrogen-bond acceptors (Lipinski definition) is 10. The van der Waals surface area contributed by atoms with Crippen LogP contribution in [0.3, 0.4) is 0 Å². The minimum Gasteiger partial charge on any atom is -0.440 e. The molecule has 4 rings (SSSR count). The Balaban J connectivity index is 1.58. The maximum atomic E-state index is 8.82. The molecule has 0 aromatic carbocycles. The van der Waals surface area contributed by atoms with Crippen molar-refractivity contribution in [3.8, 4) is 17.7 Å². The molecule has 10 heteroatoms. The van der Waals surface area contributed by atoms with Crippen LogP contribution in [0.15, 0.2) is 29.1 Å². The van der Waals surface area contributed by atoms with Gasteiger partial charge in [0.15, 0.2) is 17.2 Å². The maximum Gasteiger partial charge on any atom is 0.249 e. The van der Waals surface area contributed by atoms with Crippen molar-refractivity contribution in [3.63, 3.8) is 0 Å². The first kappa shape index (κ1) is 17.8. The number of hydrogen-bond donors (Lipinski definition) is 3. The van der Waals surface area contributed by atoms with E-state index in [2.05, 4.69) is 41.1 Å². The van der Waals surface area contributed by atoms with Gasteiger partial charge >= 0.3 is 0 Å². The molecule has 4 heterocycles. The van der Waals surface area contributed by atoms with Gasteiger partial charge in [-0.15, -0.1) is 10.2 Å². The van der Waals surface area contributed by atoms with Crippen LogP contribution in [-0.4, -0.2) is 44.8 Å². The van der Waals surface area contributed by atoms with E-state index in [-0.39, 0.29) is 5.69 Å². The highest BCUT2D eigenvalue weighted by Gasteiger charge is 2.18. The average molecular weight is 377 g/mol. The summed E-state index contributed by atoms with van der Waals surface area (Å²) in [7, 11) is 0. The molecule has 10 nitrogen and oxygen atoms in total. The molecule has 1 aliphatic heterocycles. The summed E-state index contributed by atoms with van der Waals surface area (Å²) in [6, 6.07) is 3.77. The Hall–Kier alpha value is -3.58. The summed E-state index contributed by atoms with van der Waals surface area (Å²) in [6.07, 6.45) is 5.65. The first-order chi connectivity index (χ1) is 13.7. The largest absolute Gasteiger partial charge is 0.440 e. The predicted molar refractivity (Wildman–Crippen MR) is 102 cm³/mol. The van der Waals surface area contributed by atoms with Crippen molar-refractivity contribution in [2.24, 2.45) is 5.92 Å². The zero-order valence-corrected chi connectivity index (χ0v) is 15.3. The Bertz CT molecular complexity index is 987. The van der Waals surface area contributed by atoms with Crippen molar-refractivity contribution < 1.29 is 4.42 Å². The fraction of sp³-hybridized carbons (Fsp3) is 0.333. The summed E-state index contributed by atoms with van der Waals surface area (Å²) in [5.41, 5.74) is 1.57. The van der Waals surface area contributed by atoms with Crippen LogP contribution in [0.1, 0.15) is 17.9 Å². The zero-order valence-electron chi connectivity index (χ0n) is 15.3. The molecule has 0 bridgehead atoms. The molecule has 1 fully saturated rings. The second-order valence-electron chi connectivity index (χ2n) is 6.53. The summed E-state index contributed by atoms with van der Waals surface area (Å²) in [6.45, 7) is 4.67. The maximum absolute atomic E-state index is 8.82. The molecule has 3 aromatic rings. The van der Waals surface area contributed by atoms with E-state index in [1.165, 1.54) is 12.4 Å². The third-order valence-corrected chi connectivity index (χ3v) is 4.38. The summed E-state index contributed by atoms with van der Waals surface area (Å²) >= 11 is 0. The molecule has 0 amide bonds. The predicted octanol–water partition coefficient (Wildman–Crippen LogP) is 1.87. The molecule has 1 unspecified atom stereocenters. The van der Waals surface area contributed by atoms with Crippen LogP contribution < -0.4 is 16.0 Å². The van der Waals surface area contributed by atoms with Gasteiger partial charge in [-0.25, -0.2) is 15.0 Å². The number of aryl methyl sites for hydroxylation is 1. The Kier molecular flexibility index (Phi) is 5.07. The van der Waals surface area contributed by atoms with E-state index in [9.17, 15) is 0 Å². The van der Waals surface area contributed by atoms with E-state index in [4.69, 9.17) is 9.68 Å².